The van der Waals surface area contributed by atoms with Gasteiger partial charge in [-0.15, -0.1) is 0 Å². The van der Waals surface area contributed by atoms with Gasteiger partial charge in [-0.1, -0.05) is 13.3 Å². The Kier molecular flexibility index (Phi) is 4.28. The van der Waals surface area contributed by atoms with E-state index in [2.05, 4.69) is 16.8 Å². The average Bonchev–Trinajstić information content (AvgIpc) is 2.26. The first-order valence-corrected chi connectivity index (χ1v) is 5.33. The summed E-state index contributed by atoms with van der Waals surface area (Å²) in [5, 5.41) is 0. The number of pyridine rings is 1. The number of hydrogen-bond acceptors (Lipinski definition) is 3. The number of carbonyl (C=O) groups is 1. The maximum Gasteiger partial charge on any atom is 0.159 e. The highest BCUT2D eigenvalue weighted by Crippen LogP contribution is 2.12. The van der Waals surface area contributed by atoms with E-state index in [1.165, 1.54) is 0 Å². The van der Waals surface area contributed by atoms with Crippen LogP contribution < -0.4 is 4.90 Å². The highest BCUT2D eigenvalue weighted by Gasteiger charge is 2.04. The minimum absolute atomic E-state index is 0.0857. The molecule has 15 heavy (non-hydrogen) atoms. The lowest BCUT2D eigenvalue weighted by molar-refractivity contribution is 0.101. The standard InChI is InChI=1S/C12H18N2O/c1-4-5-8-14(3)12-9-11(10(2)15)6-7-13-12/h6-7,9H,4-5,8H2,1-3H3. The van der Waals surface area contributed by atoms with Gasteiger partial charge in [-0.2, -0.15) is 0 Å². The summed E-state index contributed by atoms with van der Waals surface area (Å²) in [5.74, 6) is 0.957. The molecule has 1 aromatic heterocycles. The molecule has 0 aliphatic heterocycles. The van der Waals surface area contributed by atoms with Gasteiger partial charge in [0.05, 0.1) is 0 Å². The fourth-order valence-corrected chi connectivity index (χ4v) is 1.36. The van der Waals surface area contributed by atoms with Crippen LogP contribution in [0.4, 0.5) is 5.82 Å². The predicted molar refractivity (Wildman–Crippen MR) is 62.4 cm³/mol. The number of anilines is 1. The summed E-state index contributed by atoms with van der Waals surface area (Å²) < 4.78 is 0. The molecule has 0 aromatic carbocycles. The Balaban J connectivity index is 2.76. The second-order valence-electron chi connectivity index (χ2n) is 3.73. The van der Waals surface area contributed by atoms with E-state index in [1.807, 2.05) is 13.1 Å². The van der Waals surface area contributed by atoms with Gasteiger partial charge in [0.2, 0.25) is 0 Å². The summed E-state index contributed by atoms with van der Waals surface area (Å²) in [4.78, 5) is 17.5. The fourth-order valence-electron chi connectivity index (χ4n) is 1.36. The molecule has 0 aliphatic carbocycles. The lowest BCUT2D eigenvalue weighted by atomic mass is 10.2. The Labute approximate surface area is 91.1 Å². The van der Waals surface area contributed by atoms with Crippen molar-refractivity contribution >= 4 is 11.6 Å². The van der Waals surface area contributed by atoms with Crippen molar-refractivity contribution in [3.05, 3.63) is 23.9 Å². The average molecular weight is 206 g/mol. The highest BCUT2D eigenvalue weighted by atomic mass is 16.1. The molecule has 0 N–H and O–H groups in total. The molecule has 0 amide bonds. The van der Waals surface area contributed by atoms with Crippen LogP contribution in [-0.2, 0) is 0 Å². The molecule has 0 unspecified atom stereocenters. The van der Waals surface area contributed by atoms with Gasteiger partial charge in [0.15, 0.2) is 5.78 Å². The summed E-state index contributed by atoms with van der Waals surface area (Å²) in [6.45, 7) is 4.71. The lowest BCUT2D eigenvalue weighted by Gasteiger charge is -2.17. The van der Waals surface area contributed by atoms with E-state index in [-0.39, 0.29) is 5.78 Å². The molecular formula is C12H18N2O. The molecule has 1 heterocycles. The van der Waals surface area contributed by atoms with Gasteiger partial charge in [0, 0.05) is 25.4 Å². The number of nitrogens with zero attached hydrogens (tertiary/aromatic N) is 2. The maximum absolute atomic E-state index is 11.2. The molecule has 1 aromatic rings. The SMILES string of the molecule is CCCCN(C)c1cc(C(C)=O)ccn1. The molecule has 3 heteroatoms. The van der Waals surface area contributed by atoms with Crippen LogP contribution in [0.1, 0.15) is 37.0 Å². The van der Waals surface area contributed by atoms with Gasteiger partial charge in [0.25, 0.3) is 0 Å². The van der Waals surface area contributed by atoms with E-state index in [0.29, 0.717) is 0 Å². The van der Waals surface area contributed by atoms with Gasteiger partial charge in [-0.05, 0) is 25.5 Å². The highest BCUT2D eigenvalue weighted by molar-refractivity contribution is 5.94. The second kappa shape index (κ2) is 5.49. The van der Waals surface area contributed by atoms with Crippen LogP contribution in [0.2, 0.25) is 0 Å². The van der Waals surface area contributed by atoms with Crippen LogP contribution in [0.5, 0.6) is 0 Å². The number of unbranched alkanes of at least 4 members (excludes halogenated alkanes) is 1. The van der Waals surface area contributed by atoms with Crippen molar-refractivity contribution in [3.63, 3.8) is 0 Å². The molecular weight excluding hydrogens is 188 g/mol. The van der Waals surface area contributed by atoms with Gasteiger partial charge in [-0.25, -0.2) is 4.98 Å². The quantitative estimate of drug-likeness (QED) is 0.694. The van der Waals surface area contributed by atoms with Crippen LogP contribution in [0.15, 0.2) is 18.3 Å². The minimum atomic E-state index is 0.0857. The van der Waals surface area contributed by atoms with Crippen molar-refractivity contribution in [1.82, 2.24) is 4.98 Å². The zero-order valence-corrected chi connectivity index (χ0v) is 9.66. The van der Waals surface area contributed by atoms with Crippen LogP contribution >= 0.6 is 0 Å². The first kappa shape index (κ1) is 11.7. The number of rotatable bonds is 5. The van der Waals surface area contributed by atoms with Gasteiger partial charge in [-0.3, -0.25) is 4.79 Å². The van der Waals surface area contributed by atoms with Crippen LogP contribution in [0.25, 0.3) is 0 Å². The molecule has 0 spiro atoms. The third-order valence-electron chi connectivity index (χ3n) is 2.39. The van der Waals surface area contributed by atoms with Gasteiger partial charge in [0.1, 0.15) is 5.82 Å². The molecule has 0 aliphatic rings. The minimum Gasteiger partial charge on any atom is -0.360 e. The van der Waals surface area contributed by atoms with E-state index in [4.69, 9.17) is 0 Å². The monoisotopic (exact) mass is 206 g/mol. The van der Waals surface area contributed by atoms with Gasteiger partial charge >= 0.3 is 0 Å². The summed E-state index contributed by atoms with van der Waals surface area (Å²) in [7, 11) is 2.00. The van der Waals surface area contributed by atoms with E-state index in [1.54, 1.807) is 19.2 Å². The van der Waals surface area contributed by atoms with Gasteiger partial charge < -0.3 is 4.90 Å². The Bertz CT molecular complexity index is 336. The Hall–Kier alpha value is -1.38. The fraction of sp³-hybridized carbons (Fsp3) is 0.500. The summed E-state index contributed by atoms with van der Waals surface area (Å²) in [6.07, 6.45) is 3.99. The Morgan fingerprint density at radius 1 is 1.53 bits per heavy atom. The molecule has 1 rings (SSSR count). The first-order chi connectivity index (χ1) is 7.15. The molecule has 0 bridgehead atoms. The molecule has 0 saturated heterocycles. The zero-order chi connectivity index (χ0) is 11.3. The van der Waals surface area contributed by atoms with E-state index in [9.17, 15) is 4.79 Å². The predicted octanol–water partition coefficient (Wildman–Crippen LogP) is 2.52. The summed E-state index contributed by atoms with van der Waals surface area (Å²) in [5.41, 5.74) is 0.725. The summed E-state index contributed by atoms with van der Waals surface area (Å²) >= 11 is 0. The topological polar surface area (TPSA) is 33.2 Å². The Morgan fingerprint density at radius 3 is 2.87 bits per heavy atom. The number of ketones is 1. The van der Waals surface area contributed by atoms with E-state index in [0.717, 1.165) is 30.8 Å². The molecule has 82 valence electrons. The summed E-state index contributed by atoms with van der Waals surface area (Å²) in [6, 6.07) is 3.59. The third-order valence-corrected chi connectivity index (χ3v) is 2.39. The van der Waals surface area contributed by atoms with Crippen molar-refractivity contribution in [2.45, 2.75) is 26.7 Å². The van der Waals surface area contributed by atoms with Crippen molar-refractivity contribution in [3.8, 4) is 0 Å². The number of hydrogen-bond donors (Lipinski definition) is 0. The third kappa shape index (κ3) is 3.35. The number of aromatic nitrogens is 1. The van der Waals surface area contributed by atoms with Crippen LogP contribution in [-0.4, -0.2) is 24.4 Å². The Morgan fingerprint density at radius 2 is 2.27 bits per heavy atom. The smallest absolute Gasteiger partial charge is 0.159 e. The largest absolute Gasteiger partial charge is 0.360 e. The normalized spacial score (nSPS) is 10.1. The van der Waals surface area contributed by atoms with Crippen molar-refractivity contribution in [1.29, 1.82) is 0 Å². The molecule has 0 atom stereocenters. The van der Waals surface area contributed by atoms with E-state index < -0.39 is 0 Å². The molecule has 0 saturated carbocycles. The van der Waals surface area contributed by atoms with Crippen molar-refractivity contribution < 1.29 is 4.79 Å². The first-order valence-electron chi connectivity index (χ1n) is 5.33. The second-order valence-corrected chi connectivity index (χ2v) is 3.73. The van der Waals surface area contributed by atoms with Crippen LogP contribution in [0, 0.1) is 0 Å². The van der Waals surface area contributed by atoms with Crippen LogP contribution in [0.3, 0.4) is 0 Å². The zero-order valence-electron chi connectivity index (χ0n) is 9.66. The van der Waals surface area contributed by atoms with Crippen molar-refractivity contribution in [2.24, 2.45) is 0 Å². The number of carbonyl (C=O) groups excluding carboxylic acids is 1. The molecule has 3 nitrogen and oxygen atoms in total. The number of Topliss-reactive ketones (excluding diaryl/α,β-unsaturated/α-hetero) is 1. The van der Waals surface area contributed by atoms with Crippen molar-refractivity contribution in [2.75, 3.05) is 18.5 Å². The molecule has 0 fully saturated rings. The van der Waals surface area contributed by atoms with E-state index >= 15 is 0 Å². The lowest BCUT2D eigenvalue weighted by Crippen LogP contribution is -2.19. The molecule has 0 radical (unpaired) electrons. The maximum atomic E-state index is 11.2.